The first-order chi connectivity index (χ1) is 7.50. The van der Waals surface area contributed by atoms with Crippen molar-refractivity contribution in [3.63, 3.8) is 0 Å². The molecular formula is C10H8F2N2O2. The van der Waals surface area contributed by atoms with E-state index in [1.807, 2.05) is 0 Å². The fraction of sp³-hybridized carbons (Fsp3) is 0.200. The molecule has 0 amide bonds. The van der Waals surface area contributed by atoms with Crippen molar-refractivity contribution < 1.29 is 18.7 Å². The van der Waals surface area contributed by atoms with Crippen molar-refractivity contribution in [2.45, 2.75) is 13.3 Å². The first kappa shape index (κ1) is 10.5. The zero-order chi connectivity index (χ0) is 11.9. The fourth-order valence-corrected chi connectivity index (χ4v) is 1.54. The van der Waals surface area contributed by atoms with Crippen LogP contribution in [0.15, 0.2) is 18.3 Å². The van der Waals surface area contributed by atoms with E-state index in [4.69, 9.17) is 5.11 Å². The van der Waals surface area contributed by atoms with Crippen LogP contribution < -0.4 is 0 Å². The Labute approximate surface area is 89.2 Å². The van der Waals surface area contributed by atoms with Gasteiger partial charge in [-0.15, -0.1) is 0 Å². The topological polar surface area (TPSA) is 54.6 Å². The molecular weight excluding hydrogens is 218 g/mol. The highest BCUT2D eigenvalue weighted by Crippen LogP contribution is 2.21. The molecule has 0 fully saturated rings. The highest BCUT2D eigenvalue weighted by atomic mass is 19.3. The molecule has 0 unspecified atom stereocenters. The number of nitrogens with zero attached hydrogens (tertiary/aromatic N) is 2. The van der Waals surface area contributed by atoms with E-state index in [2.05, 4.69) is 4.98 Å². The summed E-state index contributed by atoms with van der Waals surface area (Å²) >= 11 is 0. The van der Waals surface area contributed by atoms with E-state index in [-0.39, 0.29) is 11.2 Å². The van der Waals surface area contributed by atoms with E-state index in [0.717, 1.165) is 0 Å². The van der Waals surface area contributed by atoms with Crippen LogP contribution in [0.2, 0.25) is 0 Å². The van der Waals surface area contributed by atoms with Gasteiger partial charge in [0.25, 0.3) is 6.43 Å². The summed E-state index contributed by atoms with van der Waals surface area (Å²) in [5.41, 5.74) is 0.0763. The van der Waals surface area contributed by atoms with Crippen molar-refractivity contribution in [2.75, 3.05) is 0 Å². The van der Waals surface area contributed by atoms with Crippen molar-refractivity contribution in [1.29, 1.82) is 0 Å². The van der Waals surface area contributed by atoms with Crippen molar-refractivity contribution in [3.05, 3.63) is 35.3 Å². The zero-order valence-corrected chi connectivity index (χ0v) is 8.32. The van der Waals surface area contributed by atoms with Crippen LogP contribution in [0.5, 0.6) is 0 Å². The first-order valence-corrected chi connectivity index (χ1v) is 4.50. The maximum atomic E-state index is 12.5. The Morgan fingerprint density at radius 2 is 2.25 bits per heavy atom. The van der Waals surface area contributed by atoms with E-state index in [0.29, 0.717) is 5.69 Å². The molecule has 0 aliphatic carbocycles. The lowest BCUT2D eigenvalue weighted by atomic mass is 10.3. The molecule has 0 aliphatic heterocycles. The number of carbonyl (C=O) groups is 1. The molecule has 0 saturated carbocycles. The molecule has 0 bridgehead atoms. The van der Waals surface area contributed by atoms with Gasteiger partial charge in [-0.3, -0.25) is 0 Å². The summed E-state index contributed by atoms with van der Waals surface area (Å²) in [6.45, 7) is 1.62. The molecule has 0 aliphatic rings. The van der Waals surface area contributed by atoms with Gasteiger partial charge in [0.15, 0.2) is 5.65 Å². The molecule has 1 N–H and O–H groups in total. The number of carboxylic acid groups (broad SMARTS) is 1. The number of rotatable bonds is 2. The summed E-state index contributed by atoms with van der Waals surface area (Å²) in [7, 11) is 0. The van der Waals surface area contributed by atoms with Crippen molar-refractivity contribution in [2.24, 2.45) is 0 Å². The predicted molar refractivity (Wildman–Crippen MR) is 51.8 cm³/mol. The smallest absolute Gasteiger partial charge is 0.339 e. The van der Waals surface area contributed by atoms with Gasteiger partial charge in [-0.05, 0) is 19.1 Å². The minimum atomic E-state index is -2.71. The van der Waals surface area contributed by atoms with Crippen molar-refractivity contribution in [1.82, 2.24) is 9.38 Å². The van der Waals surface area contributed by atoms with Crippen LogP contribution in [0.25, 0.3) is 5.65 Å². The number of hydrogen-bond donors (Lipinski definition) is 1. The molecule has 0 saturated heterocycles. The minimum absolute atomic E-state index is 0.0443. The molecule has 2 aromatic rings. The summed E-state index contributed by atoms with van der Waals surface area (Å²) in [4.78, 5) is 14.5. The Morgan fingerprint density at radius 3 is 2.81 bits per heavy atom. The van der Waals surface area contributed by atoms with E-state index in [1.165, 1.54) is 22.7 Å². The van der Waals surface area contributed by atoms with Crippen molar-refractivity contribution >= 4 is 11.6 Å². The van der Waals surface area contributed by atoms with Crippen LogP contribution in [0.4, 0.5) is 8.78 Å². The van der Waals surface area contributed by atoms with Crippen molar-refractivity contribution in [3.8, 4) is 0 Å². The second-order valence-electron chi connectivity index (χ2n) is 3.35. The van der Waals surface area contributed by atoms with Gasteiger partial charge in [-0.1, -0.05) is 0 Å². The van der Waals surface area contributed by atoms with Gasteiger partial charge < -0.3 is 9.51 Å². The molecule has 16 heavy (non-hydrogen) atoms. The van der Waals surface area contributed by atoms with E-state index < -0.39 is 18.1 Å². The van der Waals surface area contributed by atoms with E-state index >= 15 is 0 Å². The normalized spacial score (nSPS) is 11.2. The standard InChI is InChI=1S/C10H8F2N2O2/c1-5-4-7(8(11)12)13-9-6(10(15)16)2-3-14(5)9/h2-4,8H,1H3,(H,15,16). The summed E-state index contributed by atoms with van der Waals surface area (Å²) in [6, 6.07) is 2.58. The van der Waals surface area contributed by atoms with Crippen LogP contribution in [-0.2, 0) is 0 Å². The fourth-order valence-electron chi connectivity index (χ4n) is 1.54. The zero-order valence-electron chi connectivity index (χ0n) is 8.32. The maximum Gasteiger partial charge on any atom is 0.339 e. The van der Waals surface area contributed by atoms with Gasteiger partial charge in [0, 0.05) is 11.9 Å². The van der Waals surface area contributed by atoms with Gasteiger partial charge in [-0.25, -0.2) is 18.6 Å². The SMILES string of the molecule is Cc1cc(C(F)F)nc2c(C(=O)O)ccn12. The van der Waals surface area contributed by atoms with Crippen LogP contribution in [0, 0.1) is 6.92 Å². The van der Waals surface area contributed by atoms with E-state index in [9.17, 15) is 13.6 Å². The third-order valence-electron chi connectivity index (χ3n) is 2.29. The van der Waals surface area contributed by atoms with Crippen LogP contribution in [0.1, 0.15) is 28.2 Å². The largest absolute Gasteiger partial charge is 0.478 e. The third kappa shape index (κ3) is 1.52. The quantitative estimate of drug-likeness (QED) is 0.854. The summed E-state index contributed by atoms with van der Waals surface area (Å²) in [6.07, 6.45) is -1.21. The average Bonchev–Trinajstić information content (AvgIpc) is 2.61. The lowest BCUT2D eigenvalue weighted by Gasteiger charge is -2.04. The molecule has 2 aromatic heterocycles. The Morgan fingerprint density at radius 1 is 1.56 bits per heavy atom. The molecule has 2 rings (SSSR count). The number of halogens is 2. The highest BCUT2D eigenvalue weighted by molar-refractivity contribution is 5.94. The second kappa shape index (κ2) is 3.55. The van der Waals surface area contributed by atoms with Gasteiger partial charge in [0.05, 0.1) is 0 Å². The molecule has 2 heterocycles. The average molecular weight is 226 g/mol. The Hall–Kier alpha value is -1.98. The number of aromatic carboxylic acids is 1. The molecule has 6 heteroatoms. The molecule has 84 valence electrons. The summed E-state index contributed by atoms with van der Waals surface area (Å²) < 4.78 is 26.5. The van der Waals surface area contributed by atoms with Gasteiger partial charge in [0.2, 0.25) is 0 Å². The summed E-state index contributed by atoms with van der Waals surface area (Å²) in [5.74, 6) is -1.18. The molecule has 0 aromatic carbocycles. The molecule has 0 atom stereocenters. The van der Waals surface area contributed by atoms with E-state index in [1.54, 1.807) is 6.92 Å². The Kier molecular flexibility index (Phi) is 2.34. The Bertz CT molecular complexity index is 563. The second-order valence-corrected chi connectivity index (χ2v) is 3.35. The number of fused-ring (bicyclic) bond motifs is 1. The predicted octanol–water partition coefficient (Wildman–Crippen LogP) is 2.28. The first-order valence-electron chi connectivity index (χ1n) is 4.50. The number of alkyl halides is 2. The maximum absolute atomic E-state index is 12.5. The number of aromatic nitrogens is 2. The van der Waals surface area contributed by atoms with Crippen LogP contribution >= 0.6 is 0 Å². The third-order valence-corrected chi connectivity index (χ3v) is 2.29. The molecule has 0 radical (unpaired) electrons. The molecule has 0 spiro atoms. The number of hydrogen-bond acceptors (Lipinski definition) is 2. The molecule has 4 nitrogen and oxygen atoms in total. The highest BCUT2D eigenvalue weighted by Gasteiger charge is 2.16. The van der Waals surface area contributed by atoms with Crippen LogP contribution in [-0.4, -0.2) is 20.5 Å². The van der Waals surface area contributed by atoms with Gasteiger partial charge >= 0.3 is 5.97 Å². The monoisotopic (exact) mass is 226 g/mol. The number of carboxylic acids is 1. The van der Waals surface area contributed by atoms with Gasteiger partial charge in [-0.2, -0.15) is 0 Å². The lowest BCUT2D eigenvalue weighted by molar-refractivity contribution is 0.0698. The number of aryl methyl sites for hydroxylation is 1. The Balaban J connectivity index is 2.76. The van der Waals surface area contributed by atoms with Crippen LogP contribution in [0.3, 0.4) is 0 Å². The van der Waals surface area contributed by atoms with Gasteiger partial charge in [0.1, 0.15) is 11.3 Å². The summed E-state index contributed by atoms with van der Waals surface area (Å²) in [5, 5.41) is 8.85. The minimum Gasteiger partial charge on any atom is -0.478 e. The lowest BCUT2D eigenvalue weighted by Crippen LogP contribution is -2.02.